The Hall–Kier alpha value is -7.85. The minimum Gasteiger partial charge on any atom is -0.480 e. The maximum Gasteiger partial charge on any atom is 0.326 e. The summed E-state index contributed by atoms with van der Waals surface area (Å²) in [6.45, 7) is 12.0. The fourth-order valence-electron chi connectivity index (χ4n) is 11.0. The molecule has 4 aromatic rings. The molecule has 0 saturated carbocycles. The number of rotatable bonds is 36. The predicted molar refractivity (Wildman–Crippen MR) is 327 cm³/mol. The number of nitrogens with zero attached hydrogens (tertiary/aromatic N) is 4. The van der Waals surface area contributed by atoms with Crippen LogP contribution in [0.2, 0.25) is 0 Å². The Balaban J connectivity index is 1.18. The van der Waals surface area contributed by atoms with E-state index in [4.69, 9.17) is 5.73 Å². The van der Waals surface area contributed by atoms with Gasteiger partial charge in [0.15, 0.2) is 0 Å². The van der Waals surface area contributed by atoms with E-state index in [0.29, 0.717) is 74.3 Å². The van der Waals surface area contributed by atoms with Gasteiger partial charge in [0, 0.05) is 90.5 Å². The molecule has 0 spiro atoms. The van der Waals surface area contributed by atoms with Crippen LogP contribution in [-0.2, 0) is 79.6 Å². The molecule has 6 rings (SSSR count). The van der Waals surface area contributed by atoms with E-state index in [0.717, 1.165) is 6.42 Å². The average molecular weight is 1240 g/mol. The second-order valence-electron chi connectivity index (χ2n) is 23.7. The van der Waals surface area contributed by atoms with Crippen LogP contribution in [0.1, 0.15) is 122 Å². The first kappa shape index (κ1) is 69.3. The molecular formula is C60H90N16O11S. The van der Waals surface area contributed by atoms with Gasteiger partial charge in [0.25, 0.3) is 0 Å². The van der Waals surface area contributed by atoms with Crippen molar-refractivity contribution in [3.05, 3.63) is 90.5 Å². The van der Waals surface area contributed by atoms with Gasteiger partial charge in [-0.15, -0.1) is 0 Å². The van der Waals surface area contributed by atoms with E-state index in [1.54, 1.807) is 51.2 Å². The number of unbranched alkanes of at least 4 members (excludes halogenated alkanes) is 1. The van der Waals surface area contributed by atoms with E-state index in [-0.39, 0.29) is 62.6 Å². The molecule has 0 bridgehead atoms. The number of likely N-dealkylation sites (tertiary alicyclic amines) is 1. The number of aromatic amines is 3. The summed E-state index contributed by atoms with van der Waals surface area (Å²) in [5.74, 6) is -7.54. The van der Waals surface area contributed by atoms with Crippen LogP contribution in [0.5, 0.6) is 0 Å². The van der Waals surface area contributed by atoms with Crippen molar-refractivity contribution in [2.75, 3.05) is 25.4 Å². The normalized spacial score (nSPS) is 18.4. The van der Waals surface area contributed by atoms with Crippen molar-refractivity contribution in [3.8, 4) is 0 Å². The second-order valence-corrected chi connectivity index (χ2v) is 25.3. The van der Waals surface area contributed by atoms with E-state index in [9.17, 15) is 52.5 Å². The summed E-state index contributed by atoms with van der Waals surface area (Å²) in [6, 6.07) is -0.662. The maximum atomic E-state index is 14.8. The number of hydrogen-bond acceptors (Lipinski definition) is 15. The van der Waals surface area contributed by atoms with Gasteiger partial charge in [-0.1, -0.05) is 78.3 Å². The van der Waals surface area contributed by atoms with Gasteiger partial charge in [0.05, 0.1) is 25.0 Å². The minimum atomic E-state index is -2.00. The van der Waals surface area contributed by atoms with E-state index in [2.05, 4.69) is 72.4 Å². The van der Waals surface area contributed by atoms with Crippen molar-refractivity contribution in [1.29, 1.82) is 0 Å². The fourth-order valence-corrected chi connectivity index (χ4v) is 12.8. The van der Waals surface area contributed by atoms with Crippen molar-refractivity contribution in [1.82, 2.24) is 77.3 Å². The van der Waals surface area contributed by atoms with Gasteiger partial charge in [0.2, 0.25) is 47.3 Å². The quantitative estimate of drug-likeness (QED) is 0.0273. The number of carbonyl (C=O) groups is 9. The Kier molecular flexibility index (Phi) is 27.3. The van der Waals surface area contributed by atoms with Crippen LogP contribution in [-0.4, -0.2) is 182 Å². The van der Waals surface area contributed by atoms with Crippen molar-refractivity contribution in [2.45, 2.75) is 185 Å². The van der Waals surface area contributed by atoms with Crippen molar-refractivity contribution in [3.63, 3.8) is 0 Å². The van der Waals surface area contributed by atoms with Crippen molar-refractivity contribution in [2.24, 2.45) is 23.5 Å². The average Bonchev–Trinajstić information content (AvgIpc) is 4.39. The third-order valence-electron chi connectivity index (χ3n) is 15.9. The third kappa shape index (κ3) is 20.9. The molecule has 2 saturated heterocycles. The zero-order valence-corrected chi connectivity index (χ0v) is 52.0. The van der Waals surface area contributed by atoms with E-state index >= 15 is 0 Å². The Morgan fingerprint density at radius 1 is 0.659 bits per heavy atom. The summed E-state index contributed by atoms with van der Waals surface area (Å²) >= 11 is 0. The van der Waals surface area contributed by atoms with Gasteiger partial charge in [-0.3, -0.25) is 42.6 Å². The number of carbonyl (C=O) groups excluding carboxylic acids is 8. The SMILES string of the molecule is CC[C@@H](C)[C@H](NC(=O)[C@H](C(C)C)S(=O)C[C@H](CC(C)C)NC(=O)[C@H](Cc1cnc[nH]1)NC(=O)[C@H](Cc1ccccc1)NC(=O)[C@H]1CCCN1C(=O)[C@H](Cc1cnc[nH]1)NC(=O)[C@H]1CCCN1)C(=O)N[C@@H](Cc1cnc[nH]1)C(=O)N[C@H](CCCCN)C(=O)O. The standard InChI is InChI=1S/C60H90N16O11S/c1-7-37(6)50(57(82)73-47(26-40-29-63-33-67-40)55(80)70-44(60(85)86)17-11-12-20-61)75-58(83)51(36(4)5)88(87)31-42(23-35(2)3)69-53(78)46(25-39-28-62-32-66-39)71-54(79)45(24-38-15-9-8-10-16-38)72-56(81)49-19-14-22-76(49)59(84)48(27-41-30-64-34-68-41)74-52(77)43-18-13-21-65-43/h8-10,15-16,28-30,32-37,42-51,65H,7,11-14,17-27,31,61H2,1-6H3,(H,62,66)(H,63,67)(H,64,68)(H,69,78)(H,70,80)(H,71,79)(H,72,81)(H,73,82)(H,74,77)(H,75,83)(H,85,86)/t37-,42+,43-,44-,45+,46+,47+,48+,49-,50+,51+,88?/m1/s1. The lowest BCUT2D eigenvalue weighted by Crippen LogP contribution is -2.60. The number of benzene rings is 1. The zero-order chi connectivity index (χ0) is 63.9. The van der Waals surface area contributed by atoms with Crippen LogP contribution < -0.4 is 48.3 Å². The number of imidazole rings is 3. The summed E-state index contributed by atoms with van der Waals surface area (Å²) in [6.07, 6.45) is 12.7. The summed E-state index contributed by atoms with van der Waals surface area (Å²) < 4.78 is 14.7. The predicted octanol–water partition coefficient (Wildman–Crippen LogP) is 0.342. The molecule has 2 aliphatic heterocycles. The van der Waals surface area contributed by atoms with Gasteiger partial charge in [-0.2, -0.15) is 0 Å². The first-order valence-corrected chi connectivity index (χ1v) is 32.0. The molecule has 27 nitrogen and oxygen atoms in total. The largest absolute Gasteiger partial charge is 0.480 e. The summed E-state index contributed by atoms with van der Waals surface area (Å²) in [5, 5.41) is 31.7. The van der Waals surface area contributed by atoms with Crippen LogP contribution in [0.3, 0.4) is 0 Å². The Morgan fingerprint density at radius 3 is 1.74 bits per heavy atom. The number of carboxylic acids is 1. The number of carboxylic acid groups (broad SMARTS) is 1. The number of amides is 8. The molecule has 1 unspecified atom stereocenters. The first-order chi connectivity index (χ1) is 42.1. The molecule has 2 aliphatic rings. The molecule has 14 N–H and O–H groups in total. The lowest BCUT2D eigenvalue weighted by molar-refractivity contribution is -0.142. The van der Waals surface area contributed by atoms with Gasteiger partial charge >= 0.3 is 5.97 Å². The monoisotopic (exact) mass is 1240 g/mol. The highest BCUT2D eigenvalue weighted by atomic mass is 32.2. The topological polar surface area (TPSA) is 402 Å². The smallest absolute Gasteiger partial charge is 0.326 e. The Labute approximate surface area is 515 Å². The molecule has 3 aromatic heterocycles. The first-order valence-electron chi connectivity index (χ1n) is 30.6. The van der Waals surface area contributed by atoms with Gasteiger partial charge < -0.3 is 73.2 Å². The molecule has 5 heterocycles. The van der Waals surface area contributed by atoms with Crippen LogP contribution in [0.15, 0.2) is 67.9 Å². The number of hydrogen-bond donors (Lipinski definition) is 13. The molecule has 1 aromatic carbocycles. The van der Waals surface area contributed by atoms with E-state index in [1.807, 2.05) is 26.8 Å². The highest BCUT2D eigenvalue weighted by Gasteiger charge is 2.42. The van der Waals surface area contributed by atoms with Crippen LogP contribution in [0.4, 0.5) is 0 Å². The Morgan fingerprint density at radius 2 is 1.22 bits per heavy atom. The number of aromatic nitrogens is 6. The second kappa shape index (κ2) is 34.6. The van der Waals surface area contributed by atoms with Crippen LogP contribution in [0.25, 0.3) is 0 Å². The molecular weight excluding hydrogens is 1150 g/mol. The van der Waals surface area contributed by atoms with Gasteiger partial charge in [0.1, 0.15) is 47.5 Å². The molecule has 0 radical (unpaired) electrons. The lowest BCUT2D eigenvalue weighted by Gasteiger charge is -2.31. The third-order valence-corrected chi connectivity index (χ3v) is 18.0. The molecule has 28 heteroatoms. The maximum absolute atomic E-state index is 14.8. The fraction of sp³-hybridized carbons (Fsp3) is 0.600. The van der Waals surface area contributed by atoms with Crippen LogP contribution in [0, 0.1) is 17.8 Å². The van der Waals surface area contributed by atoms with E-state index in [1.165, 1.54) is 36.3 Å². The lowest BCUT2D eigenvalue weighted by atomic mass is 9.96. The number of nitrogens with two attached hydrogens (primary N) is 1. The number of H-pyrrole nitrogens is 3. The highest BCUT2D eigenvalue weighted by molar-refractivity contribution is 7.86. The molecule has 482 valence electrons. The summed E-state index contributed by atoms with van der Waals surface area (Å²) in [7, 11) is -2.00. The number of nitrogens with one attached hydrogen (secondary N) is 11. The van der Waals surface area contributed by atoms with Crippen LogP contribution >= 0.6 is 0 Å². The van der Waals surface area contributed by atoms with Gasteiger partial charge in [-0.25, -0.2) is 19.7 Å². The highest BCUT2D eigenvalue weighted by Crippen LogP contribution is 2.22. The minimum absolute atomic E-state index is 0.00180. The Bertz CT molecular complexity index is 2910. The molecule has 2 fully saturated rings. The molecule has 88 heavy (non-hydrogen) atoms. The zero-order valence-electron chi connectivity index (χ0n) is 51.2. The molecule has 0 aliphatic carbocycles. The summed E-state index contributed by atoms with van der Waals surface area (Å²) in [4.78, 5) is 149. The molecule has 8 amide bonds. The van der Waals surface area contributed by atoms with Crippen molar-refractivity contribution >= 4 is 64.0 Å². The number of aliphatic carboxylic acids is 1. The van der Waals surface area contributed by atoms with E-state index < -0.39 is 130 Å². The van der Waals surface area contributed by atoms with Crippen molar-refractivity contribution < 1.29 is 52.5 Å². The summed E-state index contributed by atoms with van der Waals surface area (Å²) in [5.41, 5.74) is 7.87. The van der Waals surface area contributed by atoms with Gasteiger partial charge in [-0.05, 0) is 87.8 Å². The molecule has 12 atom stereocenters.